The third kappa shape index (κ3) is 5.18. The minimum Gasteiger partial charge on any atom is -0.311 e. The Hall–Kier alpha value is -5.10. The highest BCUT2D eigenvalue weighted by Crippen LogP contribution is 2.36. The Morgan fingerprint density at radius 3 is 1.31 bits per heavy atom. The van der Waals surface area contributed by atoms with E-state index in [4.69, 9.17) is 0 Å². The maximum atomic E-state index is 10.7. The van der Waals surface area contributed by atoms with Crippen LogP contribution in [0.2, 0.25) is 0 Å². The Balaban J connectivity index is 1.52. The van der Waals surface area contributed by atoms with Crippen molar-refractivity contribution < 1.29 is 4.92 Å². The Labute approximate surface area is 209 Å². The van der Waals surface area contributed by atoms with Gasteiger partial charge >= 0.3 is 0 Å². The van der Waals surface area contributed by atoms with Crippen LogP contribution in [0.3, 0.4) is 0 Å². The van der Waals surface area contributed by atoms with Crippen molar-refractivity contribution in [1.29, 1.82) is 0 Å². The van der Waals surface area contributed by atoms with Crippen LogP contribution in [0.15, 0.2) is 128 Å². The van der Waals surface area contributed by atoms with Gasteiger partial charge in [-0.15, -0.1) is 0 Å². The molecule has 2 heterocycles. The zero-order chi connectivity index (χ0) is 24.7. The number of nitro groups is 1. The molecule has 0 aliphatic heterocycles. The van der Waals surface area contributed by atoms with Crippen LogP contribution in [-0.4, -0.2) is 14.9 Å². The predicted molar refractivity (Wildman–Crippen MR) is 144 cm³/mol. The zero-order valence-corrected chi connectivity index (χ0v) is 19.3. The number of hydrogen-bond donors (Lipinski definition) is 0. The van der Waals surface area contributed by atoms with E-state index in [2.05, 4.69) is 63.4 Å². The molecule has 6 nitrogen and oxygen atoms in total. The van der Waals surface area contributed by atoms with Gasteiger partial charge in [-0.2, -0.15) is 0 Å². The summed E-state index contributed by atoms with van der Waals surface area (Å²) in [7, 11) is 0. The van der Waals surface area contributed by atoms with Crippen LogP contribution in [0.5, 0.6) is 0 Å². The lowest BCUT2D eigenvalue weighted by Crippen LogP contribution is -2.09. The summed E-state index contributed by atoms with van der Waals surface area (Å²) >= 11 is 0. The fourth-order valence-corrected chi connectivity index (χ4v) is 4.02. The molecule has 0 radical (unpaired) electrons. The standard InChI is InChI=1S/C30H22N4O2/c35-33(36)22-17-23-1-7-28(8-2-23)34(29-9-3-24(4-10-29)26-13-18-31-19-14-26)30-11-5-25(6-12-30)27-15-20-32-21-16-27/h1-22H/b22-17+. The van der Waals surface area contributed by atoms with Crippen molar-refractivity contribution in [3.63, 3.8) is 0 Å². The smallest absolute Gasteiger partial charge is 0.235 e. The lowest BCUT2D eigenvalue weighted by Gasteiger charge is -2.26. The highest BCUT2D eigenvalue weighted by molar-refractivity contribution is 5.80. The average molecular weight is 471 g/mol. The minimum atomic E-state index is -0.463. The molecule has 5 rings (SSSR count). The number of aromatic nitrogens is 2. The van der Waals surface area contributed by atoms with Gasteiger partial charge in [-0.1, -0.05) is 36.4 Å². The number of hydrogen-bond acceptors (Lipinski definition) is 5. The molecular formula is C30H22N4O2. The number of rotatable bonds is 7. The number of nitrogens with zero attached hydrogens (tertiary/aromatic N) is 4. The highest BCUT2D eigenvalue weighted by atomic mass is 16.6. The lowest BCUT2D eigenvalue weighted by molar-refractivity contribution is -0.400. The van der Waals surface area contributed by atoms with Crippen molar-refractivity contribution in [2.45, 2.75) is 0 Å². The molecule has 0 saturated carbocycles. The number of pyridine rings is 2. The molecule has 3 aromatic carbocycles. The summed E-state index contributed by atoms with van der Waals surface area (Å²) < 4.78 is 0. The SMILES string of the molecule is O=[N+]([O-])/C=C/c1ccc(N(c2ccc(-c3ccncc3)cc2)c2ccc(-c3ccncc3)cc2)cc1. The van der Waals surface area contributed by atoms with Gasteiger partial charge in [-0.05, 0) is 88.5 Å². The molecule has 0 atom stereocenters. The monoisotopic (exact) mass is 470 g/mol. The van der Waals surface area contributed by atoms with Crippen LogP contribution in [0.1, 0.15) is 5.56 Å². The second kappa shape index (κ2) is 10.4. The van der Waals surface area contributed by atoms with Crippen LogP contribution in [-0.2, 0) is 0 Å². The first-order valence-electron chi connectivity index (χ1n) is 11.4. The Morgan fingerprint density at radius 1 is 0.556 bits per heavy atom. The van der Waals surface area contributed by atoms with E-state index in [-0.39, 0.29) is 0 Å². The summed E-state index contributed by atoms with van der Waals surface area (Å²) in [6.45, 7) is 0. The summed E-state index contributed by atoms with van der Waals surface area (Å²) in [6, 6.07) is 32.4. The summed E-state index contributed by atoms with van der Waals surface area (Å²) in [5.74, 6) is 0. The van der Waals surface area contributed by atoms with Crippen molar-refractivity contribution in [2.75, 3.05) is 4.90 Å². The summed E-state index contributed by atoms with van der Waals surface area (Å²) in [5.41, 5.74) is 8.12. The molecule has 0 saturated heterocycles. The third-order valence-electron chi connectivity index (χ3n) is 5.82. The van der Waals surface area contributed by atoms with E-state index < -0.39 is 4.92 Å². The van der Waals surface area contributed by atoms with Crippen molar-refractivity contribution in [2.24, 2.45) is 0 Å². The van der Waals surface area contributed by atoms with Crippen LogP contribution in [0.4, 0.5) is 17.1 Å². The number of benzene rings is 3. The molecule has 0 spiro atoms. The minimum absolute atomic E-state index is 0.463. The van der Waals surface area contributed by atoms with E-state index in [0.717, 1.165) is 51.1 Å². The summed E-state index contributed by atoms with van der Waals surface area (Å²) in [5, 5.41) is 10.7. The molecule has 0 aliphatic rings. The Bertz CT molecular complexity index is 1380. The fraction of sp³-hybridized carbons (Fsp3) is 0. The Kier molecular flexibility index (Phi) is 6.58. The first-order chi connectivity index (χ1) is 17.7. The van der Waals surface area contributed by atoms with Crippen LogP contribution >= 0.6 is 0 Å². The number of anilines is 3. The van der Waals surface area contributed by atoms with Gasteiger partial charge in [-0.3, -0.25) is 20.1 Å². The quantitative estimate of drug-likeness (QED) is 0.182. The van der Waals surface area contributed by atoms with E-state index in [1.807, 2.05) is 48.5 Å². The molecule has 0 N–H and O–H groups in total. The third-order valence-corrected chi connectivity index (χ3v) is 5.82. The van der Waals surface area contributed by atoms with E-state index in [1.165, 1.54) is 6.08 Å². The fourth-order valence-electron chi connectivity index (χ4n) is 4.02. The summed E-state index contributed by atoms with van der Waals surface area (Å²) in [4.78, 5) is 20.6. The highest BCUT2D eigenvalue weighted by Gasteiger charge is 2.13. The molecule has 0 bridgehead atoms. The topological polar surface area (TPSA) is 72.2 Å². The van der Waals surface area contributed by atoms with Crippen LogP contribution < -0.4 is 4.90 Å². The molecule has 6 heteroatoms. The van der Waals surface area contributed by atoms with Crippen molar-refractivity contribution in [3.8, 4) is 22.3 Å². The van der Waals surface area contributed by atoms with Gasteiger partial charge < -0.3 is 4.90 Å². The second-order valence-electron chi connectivity index (χ2n) is 8.09. The molecule has 0 aliphatic carbocycles. The van der Waals surface area contributed by atoms with Crippen molar-refractivity contribution in [3.05, 3.63) is 144 Å². The molecule has 0 amide bonds. The van der Waals surface area contributed by atoms with Crippen molar-refractivity contribution in [1.82, 2.24) is 9.97 Å². The molecule has 0 fully saturated rings. The van der Waals surface area contributed by atoms with Gasteiger partial charge in [0.2, 0.25) is 6.20 Å². The molecule has 2 aromatic heterocycles. The molecule has 36 heavy (non-hydrogen) atoms. The Morgan fingerprint density at radius 2 is 0.917 bits per heavy atom. The van der Waals surface area contributed by atoms with Crippen molar-refractivity contribution >= 4 is 23.1 Å². The van der Waals surface area contributed by atoms with Gasteiger partial charge in [0.1, 0.15) is 0 Å². The second-order valence-corrected chi connectivity index (χ2v) is 8.09. The van der Waals surface area contributed by atoms with Gasteiger partial charge in [0.15, 0.2) is 0 Å². The van der Waals surface area contributed by atoms with Gasteiger partial charge in [-0.25, -0.2) is 0 Å². The average Bonchev–Trinajstić information content (AvgIpc) is 2.94. The molecule has 0 unspecified atom stereocenters. The molecule has 5 aromatic rings. The van der Waals surface area contributed by atoms with E-state index in [1.54, 1.807) is 24.8 Å². The zero-order valence-electron chi connectivity index (χ0n) is 19.3. The first-order valence-corrected chi connectivity index (χ1v) is 11.4. The first kappa shape index (κ1) is 22.7. The summed E-state index contributed by atoms with van der Waals surface area (Å²) in [6.07, 6.45) is 9.58. The van der Waals surface area contributed by atoms with Gasteiger partial charge in [0.25, 0.3) is 0 Å². The molecule has 174 valence electrons. The van der Waals surface area contributed by atoms with Crippen LogP contribution in [0.25, 0.3) is 28.3 Å². The van der Waals surface area contributed by atoms with E-state index >= 15 is 0 Å². The lowest BCUT2D eigenvalue weighted by atomic mass is 10.0. The van der Waals surface area contributed by atoms with Gasteiger partial charge in [0.05, 0.1) is 4.92 Å². The maximum absolute atomic E-state index is 10.7. The van der Waals surface area contributed by atoms with E-state index in [9.17, 15) is 10.1 Å². The van der Waals surface area contributed by atoms with Crippen LogP contribution in [0, 0.1) is 10.1 Å². The molecular weight excluding hydrogens is 448 g/mol. The van der Waals surface area contributed by atoms with E-state index in [0.29, 0.717) is 0 Å². The largest absolute Gasteiger partial charge is 0.311 e. The maximum Gasteiger partial charge on any atom is 0.235 e. The normalized spacial score (nSPS) is 10.9. The van der Waals surface area contributed by atoms with Gasteiger partial charge in [0, 0.05) is 47.9 Å². The predicted octanol–water partition coefficient (Wildman–Crippen LogP) is 7.53.